The summed E-state index contributed by atoms with van der Waals surface area (Å²) >= 11 is 6.39. The quantitative estimate of drug-likeness (QED) is 0.278. The van der Waals surface area contributed by atoms with Gasteiger partial charge in [0.25, 0.3) is 11.8 Å². The molecule has 1 aromatic rings. The van der Waals surface area contributed by atoms with Crippen LogP contribution in [-0.4, -0.2) is 71.1 Å². The van der Waals surface area contributed by atoms with Crippen molar-refractivity contribution in [3.05, 3.63) is 35.4 Å². The zero-order valence-electron chi connectivity index (χ0n) is 16.9. The van der Waals surface area contributed by atoms with Gasteiger partial charge in [-0.3, -0.25) is 28.9 Å². The van der Waals surface area contributed by atoms with E-state index in [-0.39, 0.29) is 17.7 Å². The third-order valence-corrected chi connectivity index (χ3v) is 5.14. The lowest BCUT2D eigenvalue weighted by atomic mass is 9.96. The number of nitrogens with zero attached hydrogens (tertiary/aromatic N) is 1. The van der Waals surface area contributed by atoms with Crippen LogP contribution in [0.1, 0.15) is 41.5 Å². The number of alkyl halides is 1. The van der Waals surface area contributed by atoms with Crippen molar-refractivity contribution >= 4 is 41.3 Å². The number of fused-ring (bicyclic) bond motifs is 1. The monoisotopic (exact) mass is 453 g/mol. The summed E-state index contributed by atoms with van der Waals surface area (Å²) in [6, 6.07) is 4.86. The Morgan fingerprint density at radius 2 is 1.45 bits per heavy atom. The number of hydrogen-bond donors (Lipinski definition) is 0. The molecule has 1 fully saturated rings. The smallest absolute Gasteiger partial charge is 0.303 e. The van der Waals surface area contributed by atoms with Crippen LogP contribution in [0.4, 0.5) is 0 Å². The molecule has 10 nitrogen and oxygen atoms in total. The Morgan fingerprint density at radius 1 is 0.935 bits per heavy atom. The highest BCUT2D eigenvalue weighted by molar-refractivity contribution is 6.24. The molecular weight excluding hydrogens is 434 g/mol. The Balaban J connectivity index is 2.01. The molecule has 166 valence electrons. The van der Waals surface area contributed by atoms with Crippen LogP contribution in [0.5, 0.6) is 0 Å². The number of imide groups is 1. The van der Waals surface area contributed by atoms with E-state index in [1.807, 2.05) is 0 Å². The molecule has 0 spiro atoms. The Labute approximate surface area is 182 Å². The number of amides is 2. The minimum absolute atomic E-state index is 0.156. The highest BCUT2D eigenvalue weighted by atomic mass is 35.5. The number of rotatable bonds is 5. The van der Waals surface area contributed by atoms with E-state index >= 15 is 0 Å². The van der Waals surface area contributed by atoms with Crippen molar-refractivity contribution in [3.8, 4) is 0 Å². The molecule has 31 heavy (non-hydrogen) atoms. The van der Waals surface area contributed by atoms with Crippen molar-refractivity contribution in [1.29, 1.82) is 0 Å². The van der Waals surface area contributed by atoms with E-state index in [9.17, 15) is 24.0 Å². The zero-order chi connectivity index (χ0) is 22.9. The predicted molar refractivity (Wildman–Crippen MR) is 103 cm³/mol. The first kappa shape index (κ1) is 22.7. The molecule has 2 aliphatic rings. The molecule has 2 heterocycles. The molecule has 0 N–H and O–H groups in total. The van der Waals surface area contributed by atoms with Gasteiger partial charge in [0.05, 0.1) is 11.1 Å². The molecule has 0 bridgehead atoms. The summed E-state index contributed by atoms with van der Waals surface area (Å²) in [6.45, 7) is 3.05. The van der Waals surface area contributed by atoms with Gasteiger partial charge in [-0.05, 0) is 12.1 Å². The molecule has 0 aliphatic carbocycles. The van der Waals surface area contributed by atoms with E-state index in [1.165, 1.54) is 19.1 Å². The highest BCUT2D eigenvalue weighted by Gasteiger charge is 2.56. The Kier molecular flexibility index (Phi) is 6.61. The van der Waals surface area contributed by atoms with E-state index in [2.05, 4.69) is 0 Å². The first-order valence-corrected chi connectivity index (χ1v) is 9.79. The Morgan fingerprint density at radius 3 is 1.94 bits per heavy atom. The summed E-state index contributed by atoms with van der Waals surface area (Å²) in [5.74, 6) is -3.44. The molecule has 0 radical (unpaired) electrons. The molecule has 1 aromatic carbocycles. The van der Waals surface area contributed by atoms with Crippen LogP contribution < -0.4 is 0 Å². The first-order chi connectivity index (χ1) is 14.6. The van der Waals surface area contributed by atoms with Crippen LogP contribution in [0.25, 0.3) is 0 Å². The number of halogens is 1. The van der Waals surface area contributed by atoms with Gasteiger partial charge in [0, 0.05) is 20.8 Å². The van der Waals surface area contributed by atoms with Gasteiger partial charge in [-0.1, -0.05) is 23.7 Å². The van der Waals surface area contributed by atoms with E-state index in [4.69, 9.17) is 30.5 Å². The van der Waals surface area contributed by atoms with E-state index < -0.39 is 59.6 Å². The van der Waals surface area contributed by atoms with E-state index in [1.54, 1.807) is 12.1 Å². The average molecular weight is 454 g/mol. The van der Waals surface area contributed by atoms with Crippen LogP contribution in [0, 0.1) is 0 Å². The first-order valence-electron chi connectivity index (χ1n) is 9.36. The van der Waals surface area contributed by atoms with Crippen LogP contribution in [0.15, 0.2) is 24.3 Å². The van der Waals surface area contributed by atoms with Crippen molar-refractivity contribution in [1.82, 2.24) is 4.90 Å². The largest absolute Gasteiger partial charge is 0.463 e. The molecule has 3 rings (SSSR count). The maximum atomic E-state index is 13.0. The predicted octanol–water partition coefficient (Wildman–Crippen LogP) is 1.04. The third-order valence-electron chi connectivity index (χ3n) is 4.78. The molecule has 11 heteroatoms. The van der Waals surface area contributed by atoms with Crippen molar-refractivity contribution in [2.24, 2.45) is 0 Å². The summed E-state index contributed by atoms with van der Waals surface area (Å²) in [4.78, 5) is 61.6. The average Bonchev–Trinajstić information content (AvgIpc) is 2.93. The second kappa shape index (κ2) is 9.03. The number of hydrogen-bond acceptors (Lipinski definition) is 9. The van der Waals surface area contributed by atoms with Gasteiger partial charge in [0.15, 0.2) is 17.8 Å². The van der Waals surface area contributed by atoms with Crippen LogP contribution in [0.3, 0.4) is 0 Å². The molecule has 1 unspecified atom stereocenters. The van der Waals surface area contributed by atoms with Crippen molar-refractivity contribution in [2.75, 3.05) is 6.61 Å². The van der Waals surface area contributed by atoms with Gasteiger partial charge in [-0.15, -0.1) is 0 Å². The van der Waals surface area contributed by atoms with Crippen LogP contribution >= 0.6 is 11.6 Å². The number of esters is 3. The maximum absolute atomic E-state index is 13.0. The minimum Gasteiger partial charge on any atom is -0.463 e. The van der Waals surface area contributed by atoms with Crippen LogP contribution in [0.2, 0.25) is 0 Å². The maximum Gasteiger partial charge on any atom is 0.303 e. The molecule has 2 amide bonds. The fourth-order valence-corrected chi connectivity index (χ4v) is 4.01. The van der Waals surface area contributed by atoms with E-state index in [0.29, 0.717) is 0 Å². The molecular formula is C20H20ClNO9. The topological polar surface area (TPSA) is 126 Å². The fourth-order valence-electron chi connectivity index (χ4n) is 3.62. The Bertz CT molecular complexity index is 898. The SMILES string of the molecule is CC(=O)OCC1O[C@@H](Cl)[C@@H](N2C(=O)c3ccccc3C2=O)[C@@H](OC(C)=O)[C@@H]1OC(C)=O. The number of ether oxygens (including phenoxy) is 4. The van der Waals surface area contributed by atoms with Gasteiger partial charge in [0.2, 0.25) is 0 Å². The minimum atomic E-state index is -1.36. The molecule has 2 aliphatic heterocycles. The third kappa shape index (κ3) is 4.54. The standard InChI is InChI=1S/C20H20ClNO9/c1-9(23)28-8-14-16(29-10(2)24)17(30-11(3)25)15(18(21)31-14)22-19(26)12-6-4-5-7-13(12)20(22)27/h4-7,14-18H,8H2,1-3H3/t14?,15-,16+,17+,18+/m0/s1. The van der Waals surface area contributed by atoms with Crippen molar-refractivity contribution < 1.29 is 42.9 Å². The number of carbonyl (C=O) groups excluding carboxylic acids is 5. The summed E-state index contributed by atoms with van der Waals surface area (Å²) in [5.41, 5.74) is -1.04. The second-order valence-corrected chi connectivity index (χ2v) is 7.42. The van der Waals surface area contributed by atoms with Crippen molar-refractivity contribution in [3.63, 3.8) is 0 Å². The molecule has 0 aromatic heterocycles. The molecule has 1 saturated heterocycles. The fraction of sp³-hybridized carbons (Fsp3) is 0.450. The van der Waals surface area contributed by atoms with Gasteiger partial charge >= 0.3 is 17.9 Å². The normalized spacial score (nSPS) is 27.5. The lowest BCUT2D eigenvalue weighted by molar-refractivity contribution is -0.218. The second-order valence-electron chi connectivity index (χ2n) is 6.99. The van der Waals surface area contributed by atoms with Crippen molar-refractivity contribution in [2.45, 2.75) is 50.7 Å². The van der Waals surface area contributed by atoms with Crippen LogP contribution in [-0.2, 0) is 33.3 Å². The summed E-state index contributed by atoms with van der Waals surface area (Å²) in [6.07, 6.45) is -3.77. The van der Waals surface area contributed by atoms with Gasteiger partial charge in [-0.25, -0.2) is 0 Å². The lowest BCUT2D eigenvalue weighted by Gasteiger charge is -2.45. The van der Waals surface area contributed by atoms with Gasteiger partial charge < -0.3 is 18.9 Å². The summed E-state index contributed by atoms with van der Waals surface area (Å²) in [7, 11) is 0. The number of benzene rings is 1. The summed E-state index contributed by atoms with van der Waals surface area (Å²) < 4.78 is 21.3. The Hall–Kier alpha value is -2.98. The lowest BCUT2D eigenvalue weighted by Crippen LogP contribution is -2.65. The summed E-state index contributed by atoms with van der Waals surface area (Å²) in [5, 5.41) is 0. The molecule has 5 atom stereocenters. The highest BCUT2D eigenvalue weighted by Crippen LogP contribution is 2.36. The van der Waals surface area contributed by atoms with Gasteiger partial charge in [0.1, 0.15) is 18.8 Å². The number of carbonyl (C=O) groups is 5. The molecule has 0 saturated carbocycles. The zero-order valence-corrected chi connectivity index (χ0v) is 17.7. The van der Waals surface area contributed by atoms with Gasteiger partial charge in [-0.2, -0.15) is 0 Å². The van der Waals surface area contributed by atoms with E-state index in [0.717, 1.165) is 18.7 Å².